The second-order valence-electron chi connectivity index (χ2n) is 5.23. The molecule has 0 fully saturated rings. The van der Waals surface area contributed by atoms with E-state index in [-0.39, 0.29) is 5.97 Å². The SMILES string of the molecule is COC(=O)c1ccc(CN(c2ccc(F)cn2)c2nc(C)ns2)cc1. The van der Waals surface area contributed by atoms with Crippen molar-refractivity contribution in [3.05, 3.63) is 65.4 Å². The molecule has 6 nitrogen and oxygen atoms in total. The minimum atomic E-state index is -0.403. The Hall–Kier alpha value is -2.87. The highest BCUT2D eigenvalue weighted by Gasteiger charge is 2.16. The maximum absolute atomic E-state index is 13.2. The molecule has 25 heavy (non-hydrogen) atoms. The zero-order chi connectivity index (χ0) is 17.8. The second-order valence-corrected chi connectivity index (χ2v) is 5.96. The number of aromatic nitrogens is 3. The van der Waals surface area contributed by atoms with Gasteiger partial charge in [0.15, 0.2) is 0 Å². The average Bonchev–Trinajstić information content (AvgIpc) is 3.06. The summed E-state index contributed by atoms with van der Waals surface area (Å²) in [6.45, 7) is 2.26. The standard InChI is InChI=1S/C17H15FN4O2S/c1-11-20-17(25-21-11)22(15-8-7-14(18)9-19-15)10-12-3-5-13(6-4-12)16(23)24-2/h3-9H,10H2,1-2H3. The number of hydrogen-bond acceptors (Lipinski definition) is 7. The van der Waals surface area contributed by atoms with Gasteiger partial charge in [0.25, 0.3) is 0 Å². The zero-order valence-electron chi connectivity index (χ0n) is 13.6. The van der Waals surface area contributed by atoms with Crippen LogP contribution in [0.4, 0.5) is 15.3 Å². The molecule has 0 N–H and O–H groups in total. The lowest BCUT2D eigenvalue weighted by Gasteiger charge is -2.20. The Morgan fingerprint density at radius 3 is 2.56 bits per heavy atom. The highest BCUT2D eigenvalue weighted by molar-refractivity contribution is 7.09. The summed E-state index contributed by atoms with van der Waals surface area (Å²) in [5.74, 6) is 0.436. The van der Waals surface area contributed by atoms with Crippen LogP contribution in [0.5, 0.6) is 0 Å². The number of halogens is 1. The lowest BCUT2D eigenvalue weighted by Crippen LogP contribution is -2.17. The first kappa shape index (κ1) is 17.0. The number of hydrogen-bond donors (Lipinski definition) is 0. The fourth-order valence-electron chi connectivity index (χ4n) is 2.22. The predicted molar refractivity (Wildman–Crippen MR) is 92.5 cm³/mol. The number of carbonyl (C=O) groups excluding carboxylic acids is 1. The number of carbonyl (C=O) groups is 1. The third kappa shape index (κ3) is 3.97. The molecule has 3 rings (SSSR count). The van der Waals surface area contributed by atoms with E-state index in [9.17, 15) is 9.18 Å². The van der Waals surface area contributed by atoms with Crippen molar-refractivity contribution in [2.45, 2.75) is 13.5 Å². The largest absolute Gasteiger partial charge is 0.465 e. The van der Waals surface area contributed by atoms with Gasteiger partial charge in [-0.15, -0.1) is 0 Å². The monoisotopic (exact) mass is 358 g/mol. The van der Waals surface area contributed by atoms with Gasteiger partial charge in [0.05, 0.1) is 25.4 Å². The van der Waals surface area contributed by atoms with Gasteiger partial charge in [-0.05, 0) is 36.8 Å². The van der Waals surface area contributed by atoms with Crippen molar-refractivity contribution in [1.29, 1.82) is 0 Å². The highest BCUT2D eigenvalue weighted by atomic mass is 32.1. The summed E-state index contributed by atoms with van der Waals surface area (Å²) in [6, 6.07) is 10.00. The van der Waals surface area contributed by atoms with Crippen LogP contribution in [0.3, 0.4) is 0 Å². The Labute approximate surface area is 148 Å². The summed E-state index contributed by atoms with van der Waals surface area (Å²) < 4.78 is 22.1. The van der Waals surface area contributed by atoms with Crippen molar-refractivity contribution in [2.75, 3.05) is 12.0 Å². The summed E-state index contributed by atoms with van der Waals surface area (Å²) >= 11 is 1.24. The number of nitrogens with zero attached hydrogens (tertiary/aromatic N) is 4. The minimum absolute atomic E-state index is 0.386. The van der Waals surface area contributed by atoms with Crippen LogP contribution in [0.15, 0.2) is 42.6 Å². The van der Waals surface area contributed by atoms with E-state index >= 15 is 0 Å². The summed E-state index contributed by atoms with van der Waals surface area (Å²) in [6.07, 6.45) is 1.16. The Morgan fingerprint density at radius 1 is 1.24 bits per heavy atom. The molecule has 0 aliphatic rings. The van der Waals surface area contributed by atoms with Crippen molar-refractivity contribution in [1.82, 2.24) is 14.3 Å². The third-order valence-corrected chi connectivity index (χ3v) is 4.28. The molecule has 3 aromatic rings. The predicted octanol–water partition coefficient (Wildman–Crippen LogP) is 3.51. The smallest absolute Gasteiger partial charge is 0.337 e. The molecular weight excluding hydrogens is 343 g/mol. The van der Waals surface area contributed by atoms with Crippen molar-refractivity contribution in [3.8, 4) is 0 Å². The molecule has 0 spiro atoms. The Kier molecular flexibility index (Phi) is 4.99. The fraction of sp³-hybridized carbons (Fsp3) is 0.176. The summed E-state index contributed by atoms with van der Waals surface area (Å²) in [5, 5.41) is 0.661. The van der Waals surface area contributed by atoms with E-state index in [1.54, 1.807) is 25.1 Å². The summed E-state index contributed by atoms with van der Waals surface area (Å²) in [4.78, 5) is 21.9. The molecule has 128 valence electrons. The van der Waals surface area contributed by atoms with E-state index in [1.807, 2.05) is 17.0 Å². The van der Waals surface area contributed by atoms with Gasteiger partial charge in [-0.2, -0.15) is 4.37 Å². The zero-order valence-corrected chi connectivity index (χ0v) is 14.5. The van der Waals surface area contributed by atoms with Gasteiger partial charge in [-0.1, -0.05) is 12.1 Å². The molecule has 1 aromatic carbocycles. The molecule has 0 saturated carbocycles. The van der Waals surface area contributed by atoms with Gasteiger partial charge in [0.2, 0.25) is 5.13 Å². The van der Waals surface area contributed by atoms with E-state index in [1.165, 1.54) is 24.7 Å². The first-order valence-corrected chi connectivity index (χ1v) is 8.21. The van der Waals surface area contributed by atoms with Crippen LogP contribution < -0.4 is 4.90 Å². The molecule has 0 aliphatic carbocycles. The van der Waals surface area contributed by atoms with Gasteiger partial charge in [-0.25, -0.2) is 19.2 Å². The van der Waals surface area contributed by atoms with Crippen LogP contribution in [0.1, 0.15) is 21.7 Å². The molecule has 2 aromatic heterocycles. The molecule has 0 aliphatic heterocycles. The topological polar surface area (TPSA) is 68.2 Å². The number of pyridine rings is 1. The number of rotatable bonds is 5. The van der Waals surface area contributed by atoms with E-state index in [4.69, 9.17) is 4.74 Å². The van der Waals surface area contributed by atoms with Crippen molar-refractivity contribution in [2.24, 2.45) is 0 Å². The van der Waals surface area contributed by atoms with E-state index in [2.05, 4.69) is 14.3 Å². The number of methoxy groups -OCH3 is 1. The quantitative estimate of drug-likeness (QED) is 0.650. The Morgan fingerprint density at radius 2 is 2.00 bits per heavy atom. The van der Waals surface area contributed by atoms with Crippen molar-refractivity contribution < 1.29 is 13.9 Å². The number of anilines is 2. The summed E-state index contributed by atoms with van der Waals surface area (Å²) in [7, 11) is 1.34. The van der Waals surface area contributed by atoms with Crippen molar-refractivity contribution in [3.63, 3.8) is 0 Å². The van der Waals surface area contributed by atoms with Crippen LogP contribution in [-0.2, 0) is 11.3 Å². The van der Waals surface area contributed by atoms with Gasteiger partial charge >= 0.3 is 5.97 Å². The van der Waals surface area contributed by atoms with Crippen LogP contribution in [0.2, 0.25) is 0 Å². The van der Waals surface area contributed by atoms with Gasteiger partial charge in [0.1, 0.15) is 17.5 Å². The van der Waals surface area contributed by atoms with Gasteiger partial charge < -0.3 is 4.74 Å². The molecule has 0 radical (unpaired) electrons. The third-order valence-electron chi connectivity index (χ3n) is 3.45. The maximum Gasteiger partial charge on any atom is 0.337 e. The Bertz CT molecular complexity index is 865. The van der Waals surface area contributed by atoms with Crippen LogP contribution >= 0.6 is 11.5 Å². The molecule has 0 saturated heterocycles. The van der Waals surface area contributed by atoms with E-state index in [0.717, 1.165) is 11.8 Å². The van der Waals surface area contributed by atoms with E-state index < -0.39 is 5.82 Å². The molecule has 2 heterocycles. The first-order valence-electron chi connectivity index (χ1n) is 7.43. The average molecular weight is 358 g/mol. The van der Waals surface area contributed by atoms with Gasteiger partial charge in [-0.3, -0.25) is 4.90 Å². The minimum Gasteiger partial charge on any atom is -0.465 e. The molecule has 0 unspecified atom stereocenters. The lowest BCUT2D eigenvalue weighted by atomic mass is 10.1. The van der Waals surface area contributed by atoms with Gasteiger partial charge in [0, 0.05) is 11.5 Å². The molecule has 8 heteroatoms. The number of ether oxygens (including phenoxy) is 1. The number of benzene rings is 1. The highest BCUT2D eigenvalue weighted by Crippen LogP contribution is 2.27. The molecule has 0 bridgehead atoms. The fourth-order valence-corrected chi connectivity index (χ4v) is 2.90. The summed E-state index contributed by atoms with van der Waals surface area (Å²) in [5.41, 5.74) is 1.41. The molecular formula is C17H15FN4O2S. The second kappa shape index (κ2) is 7.35. The Balaban J connectivity index is 1.90. The molecule has 0 amide bonds. The van der Waals surface area contributed by atoms with Crippen LogP contribution in [0.25, 0.3) is 0 Å². The van der Waals surface area contributed by atoms with Crippen LogP contribution in [-0.4, -0.2) is 27.4 Å². The number of esters is 1. The van der Waals surface area contributed by atoms with E-state index in [0.29, 0.717) is 28.9 Å². The lowest BCUT2D eigenvalue weighted by molar-refractivity contribution is 0.0600. The molecule has 0 atom stereocenters. The normalized spacial score (nSPS) is 10.5. The number of aryl methyl sites for hydroxylation is 1. The van der Waals surface area contributed by atoms with Crippen LogP contribution in [0, 0.1) is 12.7 Å². The van der Waals surface area contributed by atoms with Crippen molar-refractivity contribution >= 4 is 28.5 Å². The maximum atomic E-state index is 13.2. The first-order chi connectivity index (χ1) is 12.1.